The minimum atomic E-state index is -4.09. The van der Waals surface area contributed by atoms with Gasteiger partial charge in [0.25, 0.3) is 0 Å². The van der Waals surface area contributed by atoms with Gasteiger partial charge in [0.05, 0.1) is 6.04 Å². The topological polar surface area (TPSA) is 49.6 Å². The van der Waals surface area contributed by atoms with Crippen molar-refractivity contribution in [2.24, 2.45) is 4.99 Å². The van der Waals surface area contributed by atoms with Gasteiger partial charge in [0.2, 0.25) is 0 Å². The molecule has 2 aromatic rings. The lowest BCUT2D eigenvalue weighted by molar-refractivity contribution is -0.135. The predicted octanol–water partition coefficient (Wildman–Crippen LogP) is 5.40. The molecule has 0 aliphatic carbocycles. The zero-order valence-electron chi connectivity index (χ0n) is 14.9. The number of hydrogen-bond acceptors (Lipinski definition) is 2. The van der Waals surface area contributed by atoms with Crippen LogP contribution in [0.25, 0.3) is 11.0 Å². The van der Waals surface area contributed by atoms with Crippen LogP contribution in [0, 0.1) is 0 Å². The standard InChI is InChI=1S/C18H24F3N3O.HI/c1-3-22-17(23-11-7-6-10-18(19,20)21)24-13(2)16-12-14-8-4-5-9-15(14)25-16;/h4-5,8-9,12-13H,3,6-7,10-11H2,1-2H3,(H2,22,23,24);1H. The average Bonchev–Trinajstić information content (AvgIpc) is 2.97. The smallest absolute Gasteiger partial charge is 0.389 e. The van der Waals surface area contributed by atoms with Gasteiger partial charge in [-0.05, 0) is 38.8 Å². The van der Waals surface area contributed by atoms with E-state index in [9.17, 15) is 13.2 Å². The average molecular weight is 483 g/mol. The van der Waals surface area contributed by atoms with E-state index in [1.807, 2.05) is 44.2 Å². The quantitative estimate of drug-likeness (QED) is 0.240. The Morgan fingerprint density at radius 3 is 2.62 bits per heavy atom. The number of rotatable bonds is 7. The molecule has 2 rings (SSSR count). The third-order valence-corrected chi connectivity index (χ3v) is 3.71. The molecule has 146 valence electrons. The number of benzene rings is 1. The van der Waals surface area contributed by atoms with Crippen LogP contribution in [0.15, 0.2) is 39.7 Å². The summed E-state index contributed by atoms with van der Waals surface area (Å²) in [5, 5.41) is 7.35. The number of furan rings is 1. The van der Waals surface area contributed by atoms with Gasteiger partial charge in [-0.3, -0.25) is 4.99 Å². The van der Waals surface area contributed by atoms with E-state index in [4.69, 9.17) is 4.42 Å². The molecule has 0 amide bonds. The van der Waals surface area contributed by atoms with Gasteiger partial charge < -0.3 is 15.1 Å². The Morgan fingerprint density at radius 2 is 1.96 bits per heavy atom. The van der Waals surface area contributed by atoms with Crippen LogP contribution in [0.1, 0.15) is 44.9 Å². The molecular weight excluding hydrogens is 458 g/mol. The van der Waals surface area contributed by atoms with Gasteiger partial charge in [-0.1, -0.05) is 18.2 Å². The second-order valence-corrected chi connectivity index (χ2v) is 5.89. The van der Waals surface area contributed by atoms with Gasteiger partial charge >= 0.3 is 6.18 Å². The summed E-state index contributed by atoms with van der Waals surface area (Å²) >= 11 is 0. The molecule has 1 atom stereocenters. The van der Waals surface area contributed by atoms with Crippen molar-refractivity contribution in [3.8, 4) is 0 Å². The van der Waals surface area contributed by atoms with Crippen LogP contribution < -0.4 is 10.6 Å². The van der Waals surface area contributed by atoms with Crippen molar-refractivity contribution >= 4 is 40.9 Å². The minimum Gasteiger partial charge on any atom is -0.459 e. The molecule has 4 nitrogen and oxygen atoms in total. The molecular formula is C18H25F3IN3O. The Balaban J connectivity index is 0.00000338. The number of nitrogens with zero attached hydrogens (tertiary/aromatic N) is 1. The van der Waals surface area contributed by atoms with E-state index in [1.165, 1.54) is 0 Å². The zero-order valence-corrected chi connectivity index (χ0v) is 17.2. The zero-order chi connectivity index (χ0) is 18.3. The lowest BCUT2D eigenvalue weighted by atomic mass is 10.2. The molecule has 0 bridgehead atoms. The van der Waals surface area contributed by atoms with Crippen LogP contribution in [0.3, 0.4) is 0 Å². The highest BCUT2D eigenvalue weighted by atomic mass is 127. The third-order valence-electron chi connectivity index (χ3n) is 3.71. The normalized spacial score (nSPS) is 13.3. The highest BCUT2D eigenvalue weighted by Gasteiger charge is 2.25. The summed E-state index contributed by atoms with van der Waals surface area (Å²) < 4.78 is 42.2. The molecule has 1 aromatic carbocycles. The molecule has 26 heavy (non-hydrogen) atoms. The predicted molar refractivity (Wildman–Crippen MR) is 109 cm³/mol. The molecule has 2 N–H and O–H groups in total. The monoisotopic (exact) mass is 483 g/mol. The molecule has 0 aliphatic rings. The lowest BCUT2D eigenvalue weighted by Gasteiger charge is -2.16. The Hall–Kier alpha value is -1.45. The fourth-order valence-corrected chi connectivity index (χ4v) is 2.44. The maximum Gasteiger partial charge on any atom is 0.389 e. The number of hydrogen-bond donors (Lipinski definition) is 2. The summed E-state index contributed by atoms with van der Waals surface area (Å²) in [6.07, 6.45) is -4.37. The fraction of sp³-hybridized carbons (Fsp3) is 0.500. The van der Waals surface area contributed by atoms with Gasteiger partial charge in [-0.25, -0.2) is 0 Å². The molecule has 1 heterocycles. The maximum atomic E-state index is 12.1. The van der Waals surface area contributed by atoms with Crippen LogP contribution in [0.2, 0.25) is 0 Å². The summed E-state index contributed by atoms with van der Waals surface area (Å²) in [6.45, 7) is 4.90. The van der Waals surface area contributed by atoms with Gasteiger partial charge in [0.15, 0.2) is 5.96 Å². The van der Waals surface area contributed by atoms with E-state index in [-0.39, 0.29) is 36.4 Å². The van der Waals surface area contributed by atoms with E-state index in [0.717, 1.165) is 16.7 Å². The first-order valence-electron chi connectivity index (χ1n) is 8.49. The van der Waals surface area contributed by atoms with E-state index in [2.05, 4.69) is 15.6 Å². The first-order valence-corrected chi connectivity index (χ1v) is 8.49. The number of halogens is 4. The molecule has 0 saturated carbocycles. The van der Waals surface area contributed by atoms with Gasteiger partial charge in [-0.2, -0.15) is 13.2 Å². The van der Waals surface area contributed by atoms with Gasteiger partial charge in [0, 0.05) is 24.9 Å². The van der Waals surface area contributed by atoms with Crippen molar-refractivity contribution in [3.63, 3.8) is 0 Å². The second kappa shape index (κ2) is 10.6. The number of aliphatic imine (C=N–C) groups is 1. The van der Waals surface area contributed by atoms with Gasteiger partial charge in [-0.15, -0.1) is 24.0 Å². The van der Waals surface area contributed by atoms with Crippen molar-refractivity contribution in [2.45, 2.75) is 45.3 Å². The lowest BCUT2D eigenvalue weighted by Crippen LogP contribution is -2.38. The van der Waals surface area contributed by atoms with Crippen LogP contribution >= 0.6 is 24.0 Å². The summed E-state index contributed by atoms with van der Waals surface area (Å²) in [6, 6.07) is 9.62. The SMILES string of the molecule is CCNC(=NCCCCC(F)(F)F)NC(C)c1cc2ccccc2o1.I. The van der Waals surface area contributed by atoms with Crippen LogP contribution in [0.5, 0.6) is 0 Å². The first-order chi connectivity index (χ1) is 11.9. The largest absolute Gasteiger partial charge is 0.459 e. The fourth-order valence-electron chi connectivity index (χ4n) is 2.44. The number of para-hydroxylation sites is 1. The second-order valence-electron chi connectivity index (χ2n) is 5.89. The van der Waals surface area contributed by atoms with E-state index in [1.54, 1.807) is 0 Å². The Bertz CT molecular complexity index is 667. The van der Waals surface area contributed by atoms with E-state index >= 15 is 0 Å². The van der Waals surface area contributed by atoms with E-state index < -0.39 is 12.6 Å². The molecule has 8 heteroatoms. The Kier molecular flexibility index (Phi) is 9.24. The van der Waals surface area contributed by atoms with E-state index in [0.29, 0.717) is 25.5 Å². The van der Waals surface area contributed by atoms with Crippen LogP contribution in [-0.4, -0.2) is 25.2 Å². The number of nitrogens with one attached hydrogen (secondary N) is 2. The number of unbranched alkanes of at least 4 members (excludes halogenated alkanes) is 1. The van der Waals surface area contributed by atoms with Crippen molar-refractivity contribution < 1.29 is 17.6 Å². The van der Waals surface area contributed by atoms with Crippen molar-refractivity contribution in [2.75, 3.05) is 13.1 Å². The maximum absolute atomic E-state index is 12.1. The van der Waals surface area contributed by atoms with Crippen LogP contribution in [0.4, 0.5) is 13.2 Å². The van der Waals surface area contributed by atoms with Crippen molar-refractivity contribution in [1.29, 1.82) is 0 Å². The number of fused-ring (bicyclic) bond motifs is 1. The summed E-state index contributed by atoms with van der Waals surface area (Å²) in [7, 11) is 0. The number of guanidine groups is 1. The molecule has 1 aromatic heterocycles. The molecule has 0 aliphatic heterocycles. The highest BCUT2D eigenvalue weighted by molar-refractivity contribution is 14.0. The minimum absolute atomic E-state index is 0. The third kappa shape index (κ3) is 7.43. The summed E-state index contributed by atoms with van der Waals surface area (Å²) in [5.74, 6) is 1.35. The Labute approximate surface area is 168 Å². The molecule has 0 spiro atoms. The highest BCUT2D eigenvalue weighted by Crippen LogP contribution is 2.24. The molecule has 0 radical (unpaired) electrons. The summed E-state index contributed by atoms with van der Waals surface area (Å²) in [4.78, 5) is 4.34. The van der Waals surface area contributed by atoms with Crippen molar-refractivity contribution in [1.82, 2.24) is 10.6 Å². The molecule has 1 unspecified atom stereocenters. The number of alkyl halides is 3. The first kappa shape index (κ1) is 22.6. The van der Waals surface area contributed by atoms with Crippen LogP contribution in [-0.2, 0) is 0 Å². The summed E-state index contributed by atoms with van der Waals surface area (Å²) in [5.41, 5.74) is 0.820. The Morgan fingerprint density at radius 1 is 1.23 bits per heavy atom. The van der Waals surface area contributed by atoms with Gasteiger partial charge in [0.1, 0.15) is 11.3 Å². The molecule has 0 saturated heterocycles. The molecule has 0 fully saturated rings. The van der Waals surface area contributed by atoms with Crippen molar-refractivity contribution in [3.05, 3.63) is 36.1 Å².